The van der Waals surface area contributed by atoms with Gasteiger partial charge in [-0.15, -0.1) is 0 Å². The van der Waals surface area contributed by atoms with Crippen molar-refractivity contribution in [3.63, 3.8) is 0 Å². The molecule has 0 bridgehead atoms. The van der Waals surface area contributed by atoms with Gasteiger partial charge in [0.1, 0.15) is 42.0 Å². The number of aromatic nitrogens is 3. The van der Waals surface area contributed by atoms with Crippen LogP contribution in [0.25, 0.3) is 5.52 Å². The number of nitrogen functional groups attached to an aromatic ring is 1. The van der Waals surface area contributed by atoms with Crippen LogP contribution in [-0.2, 0) is 38.8 Å². The van der Waals surface area contributed by atoms with Crippen LogP contribution in [0.2, 0.25) is 0 Å². The zero-order chi connectivity index (χ0) is 31.6. The lowest BCUT2D eigenvalue weighted by molar-refractivity contribution is -0.0670. The Kier molecular flexibility index (Phi) is 9.31. The first kappa shape index (κ1) is 32.2. The van der Waals surface area contributed by atoms with E-state index in [9.17, 15) is 24.8 Å². The monoisotopic (exact) mass is 619 g/mol. The molecule has 1 saturated heterocycles. The van der Waals surface area contributed by atoms with Crippen molar-refractivity contribution in [3.05, 3.63) is 54.0 Å². The molecule has 16 heteroatoms. The number of phosphoric ester groups is 1. The van der Waals surface area contributed by atoms with Gasteiger partial charge in [0.15, 0.2) is 5.82 Å². The highest BCUT2D eigenvalue weighted by molar-refractivity contribution is 7.48. The van der Waals surface area contributed by atoms with Crippen LogP contribution in [0.15, 0.2) is 42.7 Å². The zero-order valence-electron chi connectivity index (χ0n) is 24.2. The van der Waals surface area contributed by atoms with Crippen LogP contribution in [0.5, 0.6) is 5.75 Å². The second kappa shape index (κ2) is 12.5. The summed E-state index contributed by atoms with van der Waals surface area (Å²) in [5.41, 5.74) is 5.01. The molecule has 0 aliphatic carbocycles. The van der Waals surface area contributed by atoms with Crippen LogP contribution >= 0.6 is 7.82 Å². The van der Waals surface area contributed by atoms with E-state index in [0.717, 1.165) is 11.9 Å². The molecule has 1 aliphatic heterocycles. The van der Waals surface area contributed by atoms with E-state index in [2.05, 4.69) is 10.1 Å². The smallest absolute Gasteiger partial charge is 0.432 e. The lowest BCUT2D eigenvalue weighted by Crippen LogP contribution is -2.41. The Morgan fingerprint density at radius 3 is 2.53 bits per heavy atom. The molecule has 5 atom stereocenters. The summed E-state index contributed by atoms with van der Waals surface area (Å²) in [4.78, 5) is 15.7. The number of hydrogen-bond acceptors (Lipinski definition) is 14. The van der Waals surface area contributed by atoms with Crippen LogP contribution in [0.4, 0.5) is 10.6 Å². The summed E-state index contributed by atoms with van der Waals surface area (Å²) in [6.07, 6.45) is -5.23. The van der Waals surface area contributed by atoms with Gasteiger partial charge in [-0.2, -0.15) is 10.4 Å². The summed E-state index contributed by atoms with van der Waals surface area (Å²) in [5, 5.41) is 36.0. The topological polar surface area (TPSA) is 210 Å². The minimum Gasteiger partial charge on any atom is -0.432 e. The zero-order valence-corrected chi connectivity index (χ0v) is 25.1. The maximum absolute atomic E-state index is 13.7. The Hall–Kier alpha value is -3.77. The SMILES string of the molecule is CC(C)OC(=O)OCO[P@@](=O)(OC[C@H]1O[C@@](C#N)(c2ccc3c(N)ncnn23)[C@H](O)[C@@H]1O)Oc1ccc(C(C)(C)C)cc1. The number of nitrogens with zero attached hydrogens (tertiary/aromatic N) is 4. The van der Waals surface area contributed by atoms with Gasteiger partial charge in [-0.3, -0.25) is 4.52 Å². The number of benzene rings is 1. The summed E-state index contributed by atoms with van der Waals surface area (Å²) in [7, 11) is -4.57. The third kappa shape index (κ3) is 6.91. The predicted molar refractivity (Wildman–Crippen MR) is 150 cm³/mol. The van der Waals surface area contributed by atoms with E-state index in [1.165, 1.54) is 16.6 Å². The number of anilines is 1. The van der Waals surface area contributed by atoms with E-state index in [1.807, 2.05) is 26.8 Å². The normalized spacial score (nSPS) is 23.6. The van der Waals surface area contributed by atoms with E-state index in [0.29, 0.717) is 5.52 Å². The van der Waals surface area contributed by atoms with Crippen molar-refractivity contribution in [2.24, 2.45) is 0 Å². The quantitative estimate of drug-likeness (QED) is 0.169. The number of phosphoric acid groups is 1. The number of nitriles is 1. The van der Waals surface area contributed by atoms with E-state index in [1.54, 1.807) is 38.1 Å². The van der Waals surface area contributed by atoms with E-state index < -0.39 is 57.4 Å². The van der Waals surface area contributed by atoms with Gasteiger partial charge in [0, 0.05) is 0 Å². The molecule has 43 heavy (non-hydrogen) atoms. The summed E-state index contributed by atoms with van der Waals surface area (Å²) in [6.45, 7) is 7.76. The van der Waals surface area contributed by atoms with Gasteiger partial charge in [-0.05, 0) is 49.1 Å². The third-order valence-electron chi connectivity index (χ3n) is 6.54. The van der Waals surface area contributed by atoms with Crippen molar-refractivity contribution < 1.29 is 47.4 Å². The van der Waals surface area contributed by atoms with Crippen molar-refractivity contribution in [3.8, 4) is 11.8 Å². The highest BCUT2D eigenvalue weighted by Gasteiger charge is 2.58. The highest BCUT2D eigenvalue weighted by Crippen LogP contribution is 2.51. The Labute approximate surface area is 247 Å². The fourth-order valence-electron chi connectivity index (χ4n) is 4.32. The van der Waals surface area contributed by atoms with E-state index in [4.69, 9.17) is 33.5 Å². The van der Waals surface area contributed by atoms with Crippen LogP contribution in [0.1, 0.15) is 45.9 Å². The van der Waals surface area contributed by atoms with Crippen LogP contribution in [-0.4, -0.2) is 68.8 Å². The van der Waals surface area contributed by atoms with Crippen molar-refractivity contribution in [1.29, 1.82) is 5.26 Å². The molecule has 1 fully saturated rings. The largest absolute Gasteiger partial charge is 0.533 e. The molecule has 0 amide bonds. The molecule has 4 N–H and O–H groups in total. The first-order valence-electron chi connectivity index (χ1n) is 13.3. The number of aliphatic hydroxyl groups is 2. The van der Waals surface area contributed by atoms with Crippen molar-refractivity contribution in [2.45, 2.75) is 70.1 Å². The molecule has 0 spiro atoms. The Morgan fingerprint density at radius 2 is 1.91 bits per heavy atom. The van der Waals surface area contributed by atoms with Gasteiger partial charge in [-0.1, -0.05) is 32.9 Å². The number of ether oxygens (including phenoxy) is 3. The van der Waals surface area contributed by atoms with Gasteiger partial charge in [0.05, 0.1) is 18.4 Å². The third-order valence-corrected chi connectivity index (χ3v) is 7.86. The van der Waals surface area contributed by atoms with Gasteiger partial charge in [0.2, 0.25) is 12.4 Å². The van der Waals surface area contributed by atoms with Crippen LogP contribution in [0.3, 0.4) is 0 Å². The molecule has 4 rings (SSSR count). The van der Waals surface area contributed by atoms with Gasteiger partial charge in [-0.25, -0.2) is 23.4 Å². The molecule has 1 aromatic carbocycles. The summed E-state index contributed by atoms with van der Waals surface area (Å²) in [6, 6.07) is 11.6. The number of aliphatic hydroxyl groups excluding tert-OH is 2. The molecule has 232 valence electrons. The van der Waals surface area contributed by atoms with Crippen molar-refractivity contribution >= 4 is 25.3 Å². The highest BCUT2D eigenvalue weighted by atomic mass is 31.2. The number of hydrogen-bond donors (Lipinski definition) is 3. The average molecular weight is 620 g/mol. The molecular weight excluding hydrogens is 585 g/mol. The summed E-state index contributed by atoms with van der Waals surface area (Å²) < 4.78 is 46.7. The number of nitrogens with two attached hydrogens (primary N) is 1. The molecule has 3 heterocycles. The first-order valence-corrected chi connectivity index (χ1v) is 14.7. The second-order valence-corrected chi connectivity index (χ2v) is 12.6. The molecule has 1 aliphatic rings. The lowest BCUT2D eigenvalue weighted by atomic mass is 9.87. The standard InChI is InChI=1S/C27H34N5O10P/c1-16(2)40-25(35)37-15-39-43(36,42-18-8-6-17(7-9-18)26(3,4)5)38-12-20-22(33)23(34)27(13-28,41-20)21-11-10-19-24(29)30-14-31-32(19)21/h6-11,14,16,20,22-23,33-34H,12,15H2,1-5H3,(H2,29,30,31)/t20-,22-,23-,27+,43-/m1/s1. The predicted octanol–water partition coefficient (Wildman–Crippen LogP) is 3.19. The Balaban J connectivity index is 1.54. The first-order chi connectivity index (χ1) is 20.2. The number of rotatable bonds is 10. The minimum absolute atomic E-state index is 0.0693. The number of fused-ring (bicyclic) bond motifs is 1. The van der Waals surface area contributed by atoms with Gasteiger partial charge < -0.3 is 34.7 Å². The number of carbonyl (C=O) groups excluding carboxylic acids is 1. The van der Waals surface area contributed by atoms with Crippen molar-refractivity contribution in [2.75, 3.05) is 19.1 Å². The maximum Gasteiger partial charge on any atom is 0.533 e. The van der Waals surface area contributed by atoms with Gasteiger partial charge in [0.25, 0.3) is 0 Å². The van der Waals surface area contributed by atoms with E-state index >= 15 is 0 Å². The molecular formula is C27H34N5O10P. The van der Waals surface area contributed by atoms with Crippen LogP contribution in [0, 0.1) is 11.3 Å². The van der Waals surface area contributed by atoms with Crippen LogP contribution < -0.4 is 10.3 Å². The number of carbonyl (C=O) groups is 1. The Morgan fingerprint density at radius 1 is 1.21 bits per heavy atom. The molecule has 3 aromatic rings. The molecule has 0 unspecified atom stereocenters. The molecule has 2 aromatic heterocycles. The molecule has 0 radical (unpaired) electrons. The fourth-order valence-corrected chi connectivity index (χ4v) is 5.39. The minimum atomic E-state index is -4.57. The second-order valence-electron chi connectivity index (χ2n) is 11.0. The van der Waals surface area contributed by atoms with Gasteiger partial charge >= 0.3 is 14.0 Å². The molecule has 0 saturated carbocycles. The fraction of sp³-hybridized carbons (Fsp3) is 0.481. The van der Waals surface area contributed by atoms with E-state index in [-0.39, 0.29) is 22.7 Å². The summed E-state index contributed by atoms with van der Waals surface area (Å²) in [5.74, 6) is 0.227. The van der Waals surface area contributed by atoms with Crippen molar-refractivity contribution in [1.82, 2.24) is 14.6 Å². The maximum atomic E-state index is 13.7. The molecule has 15 nitrogen and oxygen atoms in total. The Bertz CT molecular complexity index is 1530. The summed E-state index contributed by atoms with van der Waals surface area (Å²) >= 11 is 0. The lowest BCUT2D eigenvalue weighted by Gasteiger charge is -2.24. The average Bonchev–Trinajstić information content (AvgIpc) is 3.47.